The Bertz CT molecular complexity index is 851. The number of pyridine rings is 1. The molecule has 0 N–H and O–H groups in total. The second-order valence-corrected chi connectivity index (χ2v) is 5.83. The number of nitrogens with zero attached hydrogens (tertiary/aromatic N) is 3. The SMILES string of the molecule is COc1cc(OC)cc(-c2cc3cnc(SC)nc3c(Cl)n2)c1. The average Bonchev–Trinajstić information content (AvgIpc) is 2.60. The van der Waals surface area contributed by atoms with Gasteiger partial charge in [-0.1, -0.05) is 23.4 Å². The van der Waals surface area contributed by atoms with E-state index in [2.05, 4.69) is 15.0 Å². The molecule has 0 amide bonds. The fraction of sp³-hybridized carbons (Fsp3) is 0.188. The number of benzene rings is 1. The maximum Gasteiger partial charge on any atom is 0.187 e. The Morgan fingerprint density at radius 2 is 1.70 bits per heavy atom. The third-order valence-corrected chi connectivity index (χ3v) is 4.16. The second-order valence-electron chi connectivity index (χ2n) is 4.69. The van der Waals surface area contributed by atoms with Crippen LogP contribution >= 0.6 is 23.4 Å². The number of ether oxygens (including phenoxy) is 2. The Hall–Kier alpha value is -2.05. The number of thioether (sulfide) groups is 1. The normalized spacial score (nSPS) is 10.8. The molecule has 1 aromatic carbocycles. The highest BCUT2D eigenvalue weighted by Gasteiger charge is 2.11. The van der Waals surface area contributed by atoms with E-state index in [0.29, 0.717) is 33.0 Å². The smallest absolute Gasteiger partial charge is 0.187 e. The molecule has 0 unspecified atom stereocenters. The summed E-state index contributed by atoms with van der Waals surface area (Å²) in [4.78, 5) is 13.1. The predicted octanol–water partition coefficient (Wildman–Crippen LogP) is 4.08. The lowest BCUT2D eigenvalue weighted by atomic mass is 10.1. The van der Waals surface area contributed by atoms with Gasteiger partial charge in [0.15, 0.2) is 10.3 Å². The molecule has 0 bridgehead atoms. The molecule has 118 valence electrons. The van der Waals surface area contributed by atoms with Crippen LogP contribution in [0.3, 0.4) is 0 Å². The molecule has 0 saturated heterocycles. The molecule has 0 aliphatic carbocycles. The zero-order valence-corrected chi connectivity index (χ0v) is 14.4. The van der Waals surface area contributed by atoms with Crippen molar-refractivity contribution in [1.29, 1.82) is 0 Å². The van der Waals surface area contributed by atoms with Gasteiger partial charge in [-0.15, -0.1) is 0 Å². The topological polar surface area (TPSA) is 57.1 Å². The zero-order chi connectivity index (χ0) is 16.4. The maximum absolute atomic E-state index is 6.32. The second kappa shape index (κ2) is 6.60. The van der Waals surface area contributed by atoms with Crippen LogP contribution < -0.4 is 9.47 Å². The van der Waals surface area contributed by atoms with E-state index in [4.69, 9.17) is 21.1 Å². The van der Waals surface area contributed by atoms with Crippen molar-refractivity contribution in [1.82, 2.24) is 15.0 Å². The molecule has 0 spiro atoms. The third kappa shape index (κ3) is 3.18. The van der Waals surface area contributed by atoms with Crippen molar-refractivity contribution in [3.05, 3.63) is 35.6 Å². The van der Waals surface area contributed by atoms with Crippen molar-refractivity contribution >= 4 is 34.3 Å². The fourth-order valence-electron chi connectivity index (χ4n) is 2.19. The first-order valence-corrected chi connectivity index (χ1v) is 8.35. The summed E-state index contributed by atoms with van der Waals surface area (Å²) in [6, 6.07) is 7.47. The van der Waals surface area contributed by atoms with Crippen LogP contribution in [0.4, 0.5) is 0 Å². The lowest BCUT2D eigenvalue weighted by Gasteiger charge is -2.09. The van der Waals surface area contributed by atoms with Gasteiger partial charge in [0.1, 0.15) is 17.0 Å². The molecule has 2 aromatic heterocycles. The van der Waals surface area contributed by atoms with Crippen LogP contribution in [0, 0.1) is 0 Å². The van der Waals surface area contributed by atoms with Crippen LogP contribution in [-0.2, 0) is 0 Å². The lowest BCUT2D eigenvalue weighted by Crippen LogP contribution is -1.94. The molecular formula is C16H14ClN3O2S. The highest BCUT2D eigenvalue weighted by Crippen LogP contribution is 2.32. The molecule has 2 heterocycles. The van der Waals surface area contributed by atoms with Gasteiger partial charge in [-0.05, 0) is 24.5 Å². The molecular weight excluding hydrogens is 334 g/mol. The van der Waals surface area contributed by atoms with E-state index >= 15 is 0 Å². The highest BCUT2D eigenvalue weighted by molar-refractivity contribution is 7.98. The van der Waals surface area contributed by atoms with E-state index < -0.39 is 0 Å². The number of methoxy groups -OCH3 is 2. The summed E-state index contributed by atoms with van der Waals surface area (Å²) in [6.07, 6.45) is 3.67. The first-order valence-electron chi connectivity index (χ1n) is 6.75. The van der Waals surface area contributed by atoms with Gasteiger partial charge in [0.05, 0.1) is 19.9 Å². The lowest BCUT2D eigenvalue weighted by molar-refractivity contribution is 0.394. The standard InChI is InChI=1S/C16H14ClN3O2S/c1-21-11-4-9(5-12(7-11)22-2)13-6-10-8-18-16(23-3)20-14(10)15(17)19-13/h4-8H,1-3H3. The maximum atomic E-state index is 6.32. The van der Waals surface area contributed by atoms with Crippen molar-refractivity contribution in [3.8, 4) is 22.8 Å². The number of hydrogen-bond donors (Lipinski definition) is 0. The Labute approximate surface area is 143 Å². The van der Waals surface area contributed by atoms with E-state index in [0.717, 1.165) is 10.9 Å². The molecule has 0 aliphatic heterocycles. The summed E-state index contributed by atoms with van der Waals surface area (Å²) in [5.41, 5.74) is 2.20. The van der Waals surface area contributed by atoms with Gasteiger partial charge in [0, 0.05) is 23.2 Å². The molecule has 0 fully saturated rings. The van der Waals surface area contributed by atoms with Gasteiger partial charge in [-0.3, -0.25) is 0 Å². The predicted molar refractivity (Wildman–Crippen MR) is 92.7 cm³/mol. The van der Waals surface area contributed by atoms with Gasteiger partial charge in [-0.2, -0.15) is 0 Å². The summed E-state index contributed by atoms with van der Waals surface area (Å²) in [6.45, 7) is 0. The first-order chi connectivity index (χ1) is 11.1. The van der Waals surface area contributed by atoms with Gasteiger partial charge < -0.3 is 9.47 Å². The molecule has 23 heavy (non-hydrogen) atoms. The Morgan fingerprint density at radius 3 is 2.30 bits per heavy atom. The largest absolute Gasteiger partial charge is 0.497 e. The van der Waals surface area contributed by atoms with Crippen LogP contribution in [0.5, 0.6) is 11.5 Å². The molecule has 0 atom stereocenters. The molecule has 5 nitrogen and oxygen atoms in total. The van der Waals surface area contributed by atoms with E-state index in [-0.39, 0.29) is 0 Å². The van der Waals surface area contributed by atoms with Crippen LogP contribution in [0.25, 0.3) is 22.2 Å². The van der Waals surface area contributed by atoms with Gasteiger partial charge in [0.2, 0.25) is 0 Å². The monoisotopic (exact) mass is 347 g/mol. The van der Waals surface area contributed by atoms with Gasteiger partial charge >= 0.3 is 0 Å². The van der Waals surface area contributed by atoms with E-state index in [9.17, 15) is 0 Å². The van der Waals surface area contributed by atoms with Crippen LogP contribution in [0.15, 0.2) is 35.6 Å². The minimum atomic E-state index is 0.344. The summed E-state index contributed by atoms with van der Waals surface area (Å²) < 4.78 is 10.6. The number of hydrogen-bond acceptors (Lipinski definition) is 6. The number of aromatic nitrogens is 3. The molecule has 3 aromatic rings. The molecule has 0 saturated carbocycles. The summed E-state index contributed by atoms with van der Waals surface area (Å²) in [7, 11) is 3.22. The average molecular weight is 348 g/mol. The molecule has 3 rings (SSSR count). The summed E-state index contributed by atoms with van der Waals surface area (Å²) in [5.74, 6) is 1.37. The van der Waals surface area contributed by atoms with E-state index in [1.54, 1.807) is 26.5 Å². The van der Waals surface area contributed by atoms with Crippen molar-refractivity contribution in [3.63, 3.8) is 0 Å². The number of rotatable bonds is 4. The number of halogens is 1. The molecule has 0 aliphatic rings. The van der Waals surface area contributed by atoms with Gasteiger partial charge in [0.25, 0.3) is 0 Å². The van der Waals surface area contributed by atoms with Crippen LogP contribution in [-0.4, -0.2) is 35.4 Å². The Morgan fingerprint density at radius 1 is 1.00 bits per heavy atom. The molecule has 7 heteroatoms. The Kier molecular flexibility index (Phi) is 4.54. The minimum Gasteiger partial charge on any atom is -0.497 e. The van der Waals surface area contributed by atoms with Crippen molar-refractivity contribution < 1.29 is 9.47 Å². The number of fused-ring (bicyclic) bond motifs is 1. The van der Waals surface area contributed by atoms with Crippen LogP contribution in [0.2, 0.25) is 5.15 Å². The van der Waals surface area contributed by atoms with Crippen molar-refractivity contribution in [2.75, 3.05) is 20.5 Å². The quantitative estimate of drug-likeness (QED) is 0.402. The summed E-state index contributed by atoms with van der Waals surface area (Å²) in [5, 5.41) is 1.84. The fourth-order valence-corrected chi connectivity index (χ4v) is 2.77. The summed E-state index contributed by atoms with van der Waals surface area (Å²) >= 11 is 7.78. The first kappa shape index (κ1) is 15.8. The van der Waals surface area contributed by atoms with Crippen LogP contribution in [0.1, 0.15) is 0 Å². The zero-order valence-electron chi connectivity index (χ0n) is 12.8. The van der Waals surface area contributed by atoms with Gasteiger partial charge in [-0.25, -0.2) is 15.0 Å². The highest BCUT2D eigenvalue weighted by atomic mass is 35.5. The van der Waals surface area contributed by atoms with E-state index in [1.165, 1.54) is 11.8 Å². The third-order valence-electron chi connectivity index (χ3n) is 3.33. The van der Waals surface area contributed by atoms with Crippen molar-refractivity contribution in [2.45, 2.75) is 5.16 Å². The van der Waals surface area contributed by atoms with Crippen molar-refractivity contribution in [2.24, 2.45) is 0 Å². The minimum absolute atomic E-state index is 0.344. The van der Waals surface area contributed by atoms with E-state index in [1.807, 2.05) is 24.5 Å². The molecule has 0 radical (unpaired) electrons. The Balaban J connectivity index is 2.17.